The Hall–Kier alpha value is -2.14. The lowest BCUT2D eigenvalue weighted by molar-refractivity contribution is -0.119. The van der Waals surface area contributed by atoms with Gasteiger partial charge in [0.25, 0.3) is 5.91 Å². The molecule has 114 valence electrons. The van der Waals surface area contributed by atoms with Crippen molar-refractivity contribution in [2.45, 2.75) is 13.8 Å². The number of hydrogen-bond donors (Lipinski definition) is 1. The first-order valence-electron chi connectivity index (χ1n) is 6.75. The molecular formula is C17H16BrNO3. The predicted molar refractivity (Wildman–Crippen MR) is 89.0 cm³/mol. The number of halogens is 1. The molecule has 0 aromatic heterocycles. The Balaban J connectivity index is 1.92. The van der Waals surface area contributed by atoms with Gasteiger partial charge in [0.1, 0.15) is 0 Å². The zero-order valence-electron chi connectivity index (χ0n) is 12.4. The third kappa shape index (κ3) is 4.43. The largest absolute Gasteiger partial charge is 0.452 e. The average molecular weight is 362 g/mol. The van der Waals surface area contributed by atoms with Gasteiger partial charge in [-0.1, -0.05) is 39.7 Å². The van der Waals surface area contributed by atoms with Gasteiger partial charge in [0, 0.05) is 10.2 Å². The van der Waals surface area contributed by atoms with Gasteiger partial charge >= 0.3 is 5.97 Å². The van der Waals surface area contributed by atoms with Crippen LogP contribution >= 0.6 is 15.9 Å². The van der Waals surface area contributed by atoms with Crippen molar-refractivity contribution in [3.63, 3.8) is 0 Å². The summed E-state index contributed by atoms with van der Waals surface area (Å²) in [6.45, 7) is 3.47. The molecule has 0 bridgehead atoms. The summed E-state index contributed by atoms with van der Waals surface area (Å²) < 4.78 is 5.91. The molecule has 0 saturated carbocycles. The Morgan fingerprint density at radius 2 is 1.91 bits per heavy atom. The molecule has 0 saturated heterocycles. The fourth-order valence-corrected chi connectivity index (χ4v) is 2.41. The molecule has 0 fully saturated rings. The van der Waals surface area contributed by atoms with Crippen LogP contribution in [0, 0.1) is 13.8 Å². The second-order valence-electron chi connectivity index (χ2n) is 4.95. The highest BCUT2D eigenvalue weighted by molar-refractivity contribution is 9.10. The second-order valence-corrected chi connectivity index (χ2v) is 5.87. The van der Waals surface area contributed by atoms with Gasteiger partial charge in [-0.05, 0) is 43.7 Å². The van der Waals surface area contributed by atoms with E-state index in [1.807, 2.05) is 32.0 Å². The lowest BCUT2D eigenvalue weighted by Gasteiger charge is -2.08. The number of aryl methyl sites for hydroxylation is 2. The predicted octanol–water partition coefficient (Wildman–Crippen LogP) is 3.86. The second kappa shape index (κ2) is 7.22. The monoisotopic (exact) mass is 361 g/mol. The lowest BCUT2D eigenvalue weighted by atomic mass is 10.1. The van der Waals surface area contributed by atoms with Crippen LogP contribution in [0.3, 0.4) is 0 Å². The molecule has 2 aromatic carbocycles. The Kier molecular flexibility index (Phi) is 5.33. The summed E-state index contributed by atoms with van der Waals surface area (Å²) in [5.74, 6) is -0.877. The summed E-state index contributed by atoms with van der Waals surface area (Å²) in [4.78, 5) is 23.8. The summed E-state index contributed by atoms with van der Waals surface area (Å²) in [5.41, 5.74) is 3.02. The molecule has 5 heteroatoms. The average Bonchev–Trinajstić information content (AvgIpc) is 2.45. The maximum Gasteiger partial charge on any atom is 0.338 e. The minimum absolute atomic E-state index is 0.321. The molecule has 0 atom stereocenters. The van der Waals surface area contributed by atoms with Crippen LogP contribution in [0.2, 0.25) is 0 Å². The van der Waals surface area contributed by atoms with E-state index in [1.54, 1.807) is 24.3 Å². The van der Waals surface area contributed by atoms with Crippen molar-refractivity contribution >= 4 is 33.5 Å². The molecule has 0 unspecified atom stereocenters. The first-order chi connectivity index (χ1) is 10.5. The third-order valence-corrected chi connectivity index (χ3v) is 3.54. The molecule has 0 aliphatic rings. The maximum atomic E-state index is 12.0. The van der Waals surface area contributed by atoms with Gasteiger partial charge in [-0.2, -0.15) is 0 Å². The normalized spacial score (nSPS) is 10.1. The van der Waals surface area contributed by atoms with E-state index < -0.39 is 5.97 Å². The zero-order valence-corrected chi connectivity index (χ0v) is 13.9. The quantitative estimate of drug-likeness (QED) is 0.841. The van der Waals surface area contributed by atoms with Crippen LogP contribution < -0.4 is 5.32 Å². The number of carbonyl (C=O) groups excluding carboxylic acids is 2. The SMILES string of the molecule is Cc1ccc(C(=O)OCC(=O)Nc2cccc(Br)c2)c(C)c1. The number of carbonyl (C=O) groups is 2. The molecule has 2 aromatic rings. The van der Waals surface area contributed by atoms with Crippen molar-refractivity contribution < 1.29 is 14.3 Å². The van der Waals surface area contributed by atoms with E-state index in [1.165, 1.54) is 0 Å². The fraction of sp³-hybridized carbons (Fsp3) is 0.176. The number of anilines is 1. The van der Waals surface area contributed by atoms with Crippen LogP contribution in [0.25, 0.3) is 0 Å². The molecule has 0 aliphatic carbocycles. The third-order valence-electron chi connectivity index (χ3n) is 3.04. The highest BCUT2D eigenvalue weighted by Crippen LogP contribution is 2.16. The van der Waals surface area contributed by atoms with E-state index in [0.717, 1.165) is 15.6 Å². The van der Waals surface area contributed by atoms with E-state index in [9.17, 15) is 9.59 Å². The van der Waals surface area contributed by atoms with Crippen LogP contribution in [-0.2, 0) is 9.53 Å². The molecule has 2 rings (SSSR count). The number of esters is 1. The smallest absolute Gasteiger partial charge is 0.338 e. The van der Waals surface area contributed by atoms with Gasteiger partial charge in [-0.3, -0.25) is 4.79 Å². The number of amides is 1. The van der Waals surface area contributed by atoms with Gasteiger partial charge in [0.2, 0.25) is 0 Å². The van der Waals surface area contributed by atoms with E-state index in [-0.39, 0.29) is 12.5 Å². The lowest BCUT2D eigenvalue weighted by Crippen LogP contribution is -2.21. The van der Waals surface area contributed by atoms with Crippen LogP contribution in [0.15, 0.2) is 46.9 Å². The van der Waals surface area contributed by atoms with Crippen molar-refractivity contribution in [2.24, 2.45) is 0 Å². The molecule has 0 radical (unpaired) electrons. The molecule has 1 N–H and O–H groups in total. The molecule has 22 heavy (non-hydrogen) atoms. The summed E-state index contributed by atoms with van der Waals surface area (Å²) in [7, 11) is 0. The standard InChI is InChI=1S/C17H16BrNO3/c1-11-6-7-15(12(2)8-11)17(21)22-10-16(20)19-14-5-3-4-13(18)9-14/h3-9H,10H2,1-2H3,(H,19,20). The minimum atomic E-state index is -0.498. The molecule has 4 nitrogen and oxygen atoms in total. The van der Waals surface area contributed by atoms with E-state index >= 15 is 0 Å². The summed E-state index contributed by atoms with van der Waals surface area (Å²) >= 11 is 3.32. The number of ether oxygens (including phenoxy) is 1. The number of hydrogen-bond acceptors (Lipinski definition) is 3. The van der Waals surface area contributed by atoms with Crippen molar-refractivity contribution in [3.8, 4) is 0 Å². The van der Waals surface area contributed by atoms with Crippen molar-refractivity contribution in [3.05, 3.63) is 63.6 Å². The summed E-state index contributed by atoms with van der Waals surface area (Å²) in [6, 6.07) is 12.6. The first kappa shape index (κ1) is 16.2. The van der Waals surface area contributed by atoms with E-state index in [4.69, 9.17) is 4.74 Å². The van der Waals surface area contributed by atoms with Gasteiger partial charge < -0.3 is 10.1 Å². The topological polar surface area (TPSA) is 55.4 Å². The summed E-state index contributed by atoms with van der Waals surface area (Å²) in [5, 5.41) is 2.67. The maximum absolute atomic E-state index is 12.0. The van der Waals surface area contributed by atoms with E-state index in [2.05, 4.69) is 21.2 Å². The van der Waals surface area contributed by atoms with Crippen LogP contribution in [0.5, 0.6) is 0 Å². The molecule has 0 spiro atoms. The minimum Gasteiger partial charge on any atom is -0.452 e. The fourth-order valence-electron chi connectivity index (χ4n) is 2.01. The molecular weight excluding hydrogens is 346 g/mol. The molecule has 0 heterocycles. The number of nitrogens with one attached hydrogen (secondary N) is 1. The van der Waals surface area contributed by atoms with Gasteiger partial charge in [-0.15, -0.1) is 0 Å². The van der Waals surface area contributed by atoms with Gasteiger partial charge in [0.15, 0.2) is 6.61 Å². The highest BCUT2D eigenvalue weighted by Gasteiger charge is 2.12. The summed E-state index contributed by atoms with van der Waals surface area (Å²) in [6.07, 6.45) is 0. The molecule has 1 amide bonds. The Morgan fingerprint density at radius 1 is 1.14 bits per heavy atom. The number of benzene rings is 2. The van der Waals surface area contributed by atoms with Gasteiger partial charge in [-0.25, -0.2) is 4.79 Å². The van der Waals surface area contributed by atoms with Crippen LogP contribution in [0.4, 0.5) is 5.69 Å². The van der Waals surface area contributed by atoms with Crippen molar-refractivity contribution in [1.82, 2.24) is 0 Å². The van der Waals surface area contributed by atoms with E-state index in [0.29, 0.717) is 11.3 Å². The van der Waals surface area contributed by atoms with Crippen LogP contribution in [0.1, 0.15) is 21.5 Å². The van der Waals surface area contributed by atoms with Crippen molar-refractivity contribution in [2.75, 3.05) is 11.9 Å². The Morgan fingerprint density at radius 3 is 2.59 bits per heavy atom. The van der Waals surface area contributed by atoms with Crippen LogP contribution in [-0.4, -0.2) is 18.5 Å². The Labute approximate surface area is 137 Å². The van der Waals surface area contributed by atoms with Crippen molar-refractivity contribution in [1.29, 1.82) is 0 Å². The zero-order chi connectivity index (χ0) is 16.1. The first-order valence-corrected chi connectivity index (χ1v) is 7.55. The molecule has 0 aliphatic heterocycles. The Bertz CT molecular complexity index is 713. The number of rotatable bonds is 4. The highest BCUT2D eigenvalue weighted by atomic mass is 79.9. The van der Waals surface area contributed by atoms with Gasteiger partial charge in [0.05, 0.1) is 5.56 Å².